The summed E-state index contributed by atoms with van der Waals surface area (Å²) < 4.78 is 6.32. The Morgan fingerprint density at radius 3 is 2.66 bits per heavy atom. The first-order valence-electron chi connectivity index (χ1n) is 12.6. The fraction of sp³-hybridized carbons (Fsp3) is 0.500. The van der Waals surface area contributed by atoms with Gasteiger partial charge in [0.2, 0.25) is 5.91 Å². The summed E-state index contributed by atoms with van der Waals surface area (Å²) in [4.78, 5) is 27.1. The number of likely N-dealkylation sites (tertiary alicyclic amines) is 1. The van der Waals surface area contributed by atoms with Gasteiger partial charge in [-0.1, -0.05) is 54.7 Å². The molecule has 1 saturated heterocycles. The Kier molecular flexibility index (Phi) is 8.61. The fourth-order valence-corrected chi connectivity index (χ4v) is 5.98. The van der Waals surface area contributed by atoms with E-state index in [1.54, 1.807) is 12.1 Å². The van der Waals surface area contributed by atoms with E-state index < -0.39 is 0 Å². The summed E-state index contributed by atoms with van der Waals surface area (Å²) in [5, 5.41) is 3.43. The van der Waals surface area contributed by atoms with E-state index in [1.807, 2.05) is 35.2 Å². The first-order valence-corrected chi connectivity index (χ1v) is 13.4. The summed E-state index contributed by atoms with van der Waals surface area (Å²) in [5.41, 5.74) is 0.657. The molecule has 0 bridgehead atoms. The number of para-hydroxylation sites is 1. The molecule has 1 aliphatic carbocycles. The maximum atomic E-state index is 12.8. The second-order valence-corrected chi connectivity index (χ2v) is 10.8. The van der Waals surface area contributed by atoms with Gasteiger partial charge in [-0.2, -0.15) is 0 Å². The zero-order chi connectivity index (χ0) is 24.8. The summed E-state index contributed by atoms with van der Waals surface area (Å²) in [6.45, 7) is 3.78. The molecule has 2 aliphatic rings. The topological polar surface area (TPSA) is 58.6 Å². The number of carbonyl (C=O) groups excluding carboxylic acids is 2. The fourth-order valence-electron chi connectivity index (χ4n) is 5.68. The summed E-state index contributed by atoms with van der Waals surface area (Å²) in [6, 6.07) is 14.8. The van der Waals surface area contributed by atoms with Gasteiger partial charge < -0.3 is 15.0 Å². The molecule has 1 aliphatic heterocycles. The molecule has 4 rings (SSSR count). The van der Waals surface area contributed by atoms with E-state index in [4.69, 9.17) is 27.9 Å². The Morgan fingerprint density at radius 1 is 1.11 bits per heavy atom. The van der Waals surface area contributed by atoms with Gasteiger partial charge in [0, 0.05) is 18.7 Å². The second-order valence-electron chi connectivity index (χ2n) is 10.0. The lowest BCUT2D eigenvalue weighted by Gasteiger charge is -2.42. The number of nitrogens with one attached hydrogen (secondary N) is 1. The molecule has 2 amide bonds. The summed E-state index contributed by atoms with van der Waals surface area (Å²) in [7, 11) is 0. The normalized spacial score (nSPS) is 24.3. The Morgan fingerprint density at radius 2 is 1.91 bits per heavy atom. The highest BCUT2D eigenvalue weighted by atomic mass is 35.5. The number of halogens is 2. The molecule has 1 saturated carbocycles. The van der Waals surface area contributed by atoms with E-state index in [0.29, 0.717) is 21.5 Å². The van der Waals surface area contributed by atoms with Gasteiger partial charge in [-0.15, -0.1) is 0 Å². The number of amides is 2. The Hall–Kier alpha value is -2.24. The van der Waals surface area contributed by atoms with Crippen molar-refractivity contribution in [2.24, 2.45) is 11.3 Å². The quantitative estimate of drug-likeness (QED) is 0.442. The zero-order valence-electron chi connectivity index (χ0n) is 20.3. The van der Waals surface area contributed by atoms with Crippen LogP contribution in [0.5, 0.6) is 5.75 Å². The van der Waals surface area contributed by atoms with E-state index in [-0.39, 0.29) is 29.9 Å². The summed E-state index contributed by atoms with van der Waals surface area (Å²) in [5.74, 6) is 1.06. The first-order chi connectivity index (χ1) is 16.9. The minimum absolute atomic E-state index is 0.0162. The van der Waals surface area contributed by atoms with Crippen molar-refractivity contribution in [1.29, 1.82) is 0 Å². The number of hydrogen-bond donors (Lipinski definition) is 1. The van der Waals surface area contributed by atoms with Crippen molar-refractivity contribution < 1.29 is 14.3 Å². The third-order valence-electron chi connectivity index (χ3n) is 7.63. The third kappa shape index (κ3) is 6.71. The molecular weight excluding hydrogens is 483 g/mol. The maximum Gasteiger partial charge on any atom is 0.251 e. The van der Waals surface area contributed by atoms with Crippen molar-refractivity contribution in [3.8, 4) is 5.75 Å². The molecule has 0 radical (unpaired) electrons. The van der Waals surface area contributed by atoms with Crippen LogP contribution in [0, 0.1) is 11.3 Å². The van der Waals surface area contributed by atoms with Gasteiger partial charge in [0.05, 0.1) is 22.7 Å². The van der Waals surface area contributed by atoms with Crippen LogP contribution in [0.15, 0.2) is 48.5 Å². The minimum Gasteiger partial charge on any atom is -0.490 e. The summed E-state index contributed by atoms with van der Waals surface area (Å²) >= 11 is 11.9. The Balaban J connectivity index is 1.27. The molecule has 0 aromatic heterocycles. The van der Waals surface area contributed by atoms with Crippen LogP contribution in [-0.4, -0.2) is 42.5 Å². The highest BCUT2D eigenvalue weighted by Gasteiger charge is 2.39. The molecule has 1 N–H and O–H groups in total. The SMILES string of the molecule is CCC1(CC2CCN(C(=O)CNC(=O)c3ccc(Cl)c(Cl)c3)C2)CCCC(Oc2ccccc2)C1. The van der Waals surface area contributed by atoms with E-state index in [9.17, 15) is 9.59 Å². The average Bonchev–Trinajstić information content (AvgIpc) is 3.33. The predicted octanol–water partition coefficient (Wildman–Crippen LogP) is 6.38. The van der Waals surface area contributed by atoms with Crippen LogP contribution in [0.25, 0.3) is 0 Å². The molecule has 35 heavy (non-hydrogen) atoms. The Labute approximate surface area is 218 Å². The standard InChI is InChI=1S/C28H34Cl2N2O3/c1-2-28(13-6-9-23(17-28)35-22-7-4-3-5-8-22)16-20-12-14-32(19-20)26(33)18-31-27(34)21-10-11-24(29)25(30)15-21/h3-5,7-8,10-11,15,20,23H,2,6,9,12-14,16-19H2,1H3,(H,31,34). The van der Waals surface area contributed by atoms with Gasteiger partial charge in [-0.25, -0.2) is 0 Å². The van der Waals surface area contributed by atoms with Crippen LogP contribution in [0.1, 0.15) is 62.2 Å². The third-order valence-corrected chi connectivity index (χ3v) is 8.37. The molecule has 3 atom stereocenters. The van der Waals surface area contributed by atoms with Gasteiger partial charge >= 0.3 is 0 Å². The van der Waals surface area contributed by atoms with Crippen molar-refractivity contribution in [2.75, 3.05) is 19.6 Å². The number of ether oxygens (including phenoxy) is 1. The van der Waals surface area contributed by atoms with Crippen LogP contribution in [0.3, 0.4) is 0 Å². The maximum absolute atomic E-state index is 12.8. The van der Waals surface area contributed by atoms with E-state index >= 15 is 0 Å². The highest BCUT2D eigenvalue weighted by molar-refractivity contribution is 6.42. The minimum atomic E-state index is -0.329. The van der Waals surface area contributed by atoms with Gasteiger partial charge in [0.1, 0.15) is 5.75 Å². The van der Waals surface area contributed by atoms with Crippen molar-refractivity contribution >= 4 is 35.0 Å². The lowest BCUT2D eigenvalue weighted by Crippen LogP contribution is -2.39. The molecule has 3 unspecified atom stereocenters. The van der Waals surface area contributed by atoms with Crippen LogP contribution in [0.2, 0.25) is 10.0 Å². The number of carbonyl (C=O) groups is 2. The molecule has 5 nitrogen and oxygen atoms in total. The molecule has 1 heterocycles. The van der Waals surface area contributed by atoms with Gasteiger partial charge in [0.15, 0.2) is 0 Å². The molecule has 188 valence electrons. The molecule has 2 fully saturated rings. The van der Waals surface area contributed by atoms with Gasteiger partial charge in [0.25, 0.3) is 5.91 Å². The van der Waals surface area contributed by atoms with E-state index in [0.717, 1.165) is 50.9 Å². The van der Waals surface area contributed by atoms with Gasteiger partial charge in [-0.3, -0.25) is 9.59 Å². The lowest BCUT2D eigenvalue weighted by molar-refractivity contribution is -0.129. The second kappa shape index (κ2) is 11.7. The van der Waals surface area contributed by atoms with Crippen molar-refractivity contribution in [3.05, 3.63) is 64.1 Å². The molecule has 0 spiro atoms. The predicted molar refractivity (Wildman–Crippen MR) is 140 cm³/mol. The molecular formula is C28H34Cl2N2O3. The number of rotatable bonds is 8. The molecule has 7 heteroatoms. The zero-order valence-corrected chi connectivity index (χ0v) is 21.8. The summed E-state index contributed by atoms with van der Waals surface area (Å²) in [6.07, 6.45) is 8.10. The Bertz CT molecular complexity index is 1030. The van der Waals surface area contributed by atoms with Crippen molar-refractivity contribution in [1.82, 2.24) is 10.2 Å². The largest absolute Gasteiger partial charge is 0.490 e. The smallest absolute Gasteiger partial charge is 0.251 e. The highest BCUT2D eigenvalue weighted by Crippen LogP contribution is 2.46. The molecule has 2 aromatic carbocycles. The lowest BCUT2D eigenvalue weighted by atomic mass is 9.66. The first kappa shape index (κ1) is 25.8. The average molecular weight is 517 g/mol. The van der Waals surface area contributed by atoms with E-state index in [2.05, 4.69) is 12.2 Å². The van der Waals surface area contributed by atoms with Crippen LogP contribution >= 0.6 is 23.2 Å². The number of nitrogens with zero attached hydrogens (tertiary/aromatic N) is 1. The van der Waals surface area contributed by atoms with Crippen molar-refractivity contribution in [2.45, 2.75) is 58.0 Å². The van der Waals surface area contributed by atoms with Crippen LogP contribution in [0.4, 0.5) is 0 Å². The molecule has 2 aromatic rings. The van der Waals surface area contributed by atoms with Crippen LogP contribution < -0.4 is 10.1 Å². The van der Waals surface area contributed by atoms with Gasteiger partial charge in [-0.05, 0) is 80.2 Å². The monoisotopic (exact) mass is 516 g/mol. The van der Waals surface area contributed by atoms with E-state index in [1.165, 1.54) is 18.9 Å². The van der Waals surface area contributed by atoms with Crippen LogP contribution in [-0.2, 0) is 4.79 Å². The number of benzene rings is 2. The van der Waals surface area contributed by atoms with Crippen molar-refractivity contribution in [3.63, 3.8) is 0 Å². The number of hydrogen-bond acceptors (Lipinski definition) is 3.